The first-order valence-corrected chi connectivity index (χ1v) is 4.12. The van der Waals surface area contributed by atoms with E-state index >= 15 is 0 Å². The summed E-state index contributed by atoms with van der Waals surface area (Å²) in [7, 11) is 0. The molecule has 0 aromatic heterocycles. The second kappa shape index (κ2) is 4.39. The Kier molecular flexibility index (Phi) is 4.19. The minimum atomic E-state index is 0.231. The zero-order valence-corrected chi connectivity index (χ0v) is 7.62. The second-order valence-corrected chi connectivity index (χ2v) is 3.29. The normalized spacial score (nSPS) is 10.4. The average Bonchev–Trinajstić information content (AvgIpc) is 1.89. The van der Waals surface area contributed by atoms with Crippen molar-refractivity contribution in [2.24, 2.45) is 5.41 Å². The summed E-state index contributed by atoms with van der Waals surface area (Å²) in [6.45, 7) is 8.72. The summed E-state index contributed by atoms with van der Waals surface area (Å²) in [5, 5.41) is 0. The van der Waals surface area contributed by atoms with Gasteiger partial charge >= 0.3 is 0 Å². The van der Waals surface area contributed by atoms with Gasteiger partial charge in [0.1, 0.15) is 0 Å². The zero-order chi connectivity index (χ0) is 8.04. The van der Waals surface area contributed by atoms with E-state index in [1.165, 1.54) is 6.42 Å². The number of rotatable bonds is 2. The summed E-state index contributed by atoms with van der Waals surface area (Å²) in [6, 6.07) is 0. The summed E-state index contributed by atoms with van der Waals surface area (Å²) in [6.07, 6.45) is 3.36. The van der Waals surface area contributed by atoms with Gasteiger partial charge in [0.2, 0.25) is 0 Å². The molecular formula is C10H18. The zero-order valence-electron chi connectivity index (χ0n) is 7.62. The molecule has 0 saturated carbocycles. The van der Waals surface area contributed by atoms with Crippen LogP contribution in [0.3, 0.4) is 0 Å². The van der Waals surface area contributed by atoms with Crippen molar-refractivity contribution in [3.8, 4) is 11.8 Å². The lowest BCUT2D eigenvalue weighted by Gasteiger charge is -2.12. The van der Waals surface area contributed by atoms with Crippen LogP contribution < -0.4 is 0 Å². The van der Waals surface area contributed by atoms with Crippen LogP contribution in [0.15, 0.2) is 0 Å². The molecule has 0 N–H and O–H groups in total. The maximum atomic E-state index is 3.26. The molecule has 10 heavy (non-hydrogen) atoms. The fourth-order valence-electron chi connectivity index (χ4n) is 0.515. The Morgan fingerprint density at radius 3 is 2.20 bits per heavy atom. The fraction of sp³-hybridized carbons (Fsp3) is 0.800. The molecule has 0 nitrogen and oxygen atoms in total. The Labute approximate surface area is 65.0 Å². The molecular weight excluding hydrogens is 120 g/mol. The molecule has 0 aliphatic rings. The second-order valence-electron chi connectivity index (χ2n) is 3.29. The Morgan fingerprint density at radius 2 is 1.80 bits per heavy atom. The Balaban J connectivity index is 3.77. The van der Waals surface area contributed by atoms with Crippen LogP contribution in [0.25, 0.3) is 0 Å². The monoisotopic (exact) mass is 138 g/mol. The van der Waals surface area contributed by atoms with Crippen LogP contribution in [0.5, 0.6) is 0 Å². The molecule has 0 fully saturated rings. The van der Waals surface area contributed by atoms with E-state index in [9.17, 15) is 0 Å². The van der Waals surface area contributed by atoms with Crippen molar-refractivity contribution >= 4 is 0 Å². The smallest absolute Gasteiger partial charge is 0.0255 e. The highest BCUT2D eigenvalue weighted by Crippen LogP contribution is 2.17. The Hall–Kier alpha value is -0.440. The van der Waals surface area contributed by atoms with Gasteiger partial charge in [-0.2, -0.15) is 0 Å². The molecule has 58 valence electrons. The molecule has 0 heteroatoms. The largest absolute Gasteiger partial charge is 0.103 e. The van der Waals surface area contributed by atoms with Gasteiger partial charge in [-0.3, -0.25) is 0 Å². The molecule has 0 rings (SSSR count). The van der Waals surface area contributed by atoms with E-state index in [1.54, 1.807) is 0 Å². The third kappa shape index (κ3) is 4.44. The molecule has 0 aliphatic carbocycles. The standard InChI is InChI=1S/C10H18/c1-5-7-8-9-10(3,4)6-2/h5-7H2,1-4H3. The SMILES string of the molecule is CCCC#CC(C)(C)CC. The first-order chi connectivity index (χ1) is 4.62. The highest BCUT2D eigenvalue weighted by atomic mass is 14.1. The Bertz CT molecular complexity index is 132. The molecule has 0 unspecified atom stereocenters. The molecule has 0 atom stereocenters. The number of hydrogen-bond acceptors (Lipinski definition) is 0. The van der Waals surface area contributed by atoms with Gasteiger partial charge in [-0.1, -0.05) is 19.8 Å². The van der Waals surface area contributed by atoms with E-state index in [2.05, 4.69) is 39.5 Å². The summed E-state index contributed by atoms with van der Waals surface area (Å²) < 4.78 is 0. The van der Waals surface area contributed by atoms with E-state index in [0.29, 0.717) is 0 Å². The van der Waals surface area contributed by atoms with Gasteiger partial charge in [-0.05, 0) is 26.7 Å². The molecule has 0 spiro atoms. The van der Waals surface area contributed by atoms with Crippen LogP contribution >= 0.6 is 0 Å². The minimum Gasteiger partial charge on any atom is -0.103 e. The van der Waals surface area contributed by atoms with E-state index in [1.807, 2.05) is 0 Å². The molecule has 0 radical (unpaired) electrons. The molecule has 0 aromatic rings. The van der Waals surface area contributed by atoms with E-state index in [-0.39, 0.29) is 5.41 Å². The number of hydrogen-bond donors (Lipinski definition) is 0. The predicted octanol–water partition coefficient (Wildman–Crippen LogP) is 3.23. The van der Waals surface area contributed by atoms with Crippen LogP contribution in [0.2, 0.25) is 0 Å². The topological polar surface area (TPSA) is 0 Å². The lowest BCUT2D eigenvalue weighted by atomic mass is 9.91. The Morgan fingerprint density at radius 1 is 1.20 bits per heavy atom. The van der Waals surface area contributed by atoms with Crippen molar-refractivity contribution in [1.29, 1.82) is 0 Å². The summed E-state index contributed by atoms with van der Waals surface area (Å²) >= 11 is 0. The average molecular weight is 138 g/mol. The lowest BCUT2D eigenvalue weighted by molar-refractivity contribution is 0.484. The van der Waals surface area contributed by atoms with Crippen molar-refractivity contribution in [1.82, 2.24) is 0 Å². The van der Waals surface area contributed by atoms with Crippen molar-refractivity contribution in [2.75, 3.05) is 0 Å². The van der Waals surface area contributed by atoms with Crippen molar-refractivity contribution < 1.29 is 0 Å². The predicted molar refractivity (Wildman–Crippen MR) is 46.8 cm³/mol. The van der Waals surface area contributed by atoms with Crippen molar-refractivity contribution in [3.63, 3.8) is 0 Å². The van der Waals surface area contributed by atoms with E-state index in [0.717, 1.165) is 12.8 Å². The van der Waals surface area contributed by atoms with Crippen molar-refractivity contribution in [2.45, 2.75) is 47.0 Å². The lowest BCUT2D eigenvalue weighted by Crippen LogP contribution is -2.04. The van der Waals surface area contributed by atoms with Gasteiger partial charge in [0.15, 0.2) is 0 Å². The van der Waals surface area contributed by atoms with Crippen LogP contribution in [0.1, 0.15) is 47.0 Å². The summed E-state index contributed by atoms with van der Waals surface area (Å²) in [5.74, 6) is 6.44. The van der Waals surface area contributed by atoms with E-state index in [4.69, 9.17) is 0 Å². The van der Waals surface area contributed by atoms with E-state index < -0.39 is 0 Å². The molecule has 0 heterocycles. The van der Waals surface area contributed by atoms with Gasteiger partial charge in [0.25, 0.3) is 0 Å². The third-order valence-electron chi connectivity index (χ3n) is 1.69. The maximum Gasteiger partial charge on any atom is 0.0255 e. The third-order valence-corrected chi connectivity index (χ3v) is 1.69. The quantitative estimate of drug-likeness (QED) is 0.514. The van der Waals surface area contributed by atoms with Gasteiger partial charge in [-0.15, -0.1) is 5.92 Å². The first-order valence-electron chi connectivity index (χ1n) is 4.12. The van der Waals surface area contributed by atoms with Crippen LogP contribution in [-0.4, -0.2) is 0 Å². The molecule has 0 bridgehead atoms. The highest BCUT2D eigenvalue weighted by molar-refractivity contribution is 5.08. The fourth-order valence-corrected chi connectivity index (χ4v) is 0.515. The van der Waals surface area contributed by atoms with Crippen LogP contribution in [0.4, 0.5) is 0 Å². The minimum absolute atomic E-state index is 0.231. The van der Waals surface area contributed by atoms with Crippen LogP contribution in [-0.2, 0) is 0 Å². The number of unbranched alkanes of at least 4 members (excludes halogenated alkanes) is 1. The van der Waals surface area contributed by atoms with Gasteiger partial charge in [-0.25, -0.2) is 0 Å². The van der Waals surface area contributed by atoms with Gasteiger partial charge in [0, 0.05) is 11.8 Å². The first kappa shape index (κ1) is 9.56. The molecule has 0 saturated heterocycles. The maximum absolute atomic E-state index is 3.26. The molecule has 0 aromatic carbocycles. The van der Waals surface area contributed by atoms with Crippen molar-refractivity contribution in [3.05, 3.63) is 0 Å². The summed E-state index contributed by atoms with van der Waals surface area (Å²) in [5.41, 5.74) is 0.231. The van der Waals surface area contributed by atoms with Gasteiger partial charge in [0.05, 0.1) is 0 Å². The molecule has 0 aliphatic heterocycles. The highest BCUT2D eigenvalue weighted by Gasteiger charge is 2.08. The van der Waals surface area contributed by atoms with Crippen LogP contribution in [0, 0.1) is 17.3 Å². The summed E-state index contributed by atoms with van der Waals surface area (Å²) in [4.78, 5) is 0. The molecule has 0 amide bonds. The van der Waals surface area contributed by atoms with Gasteiger partial charge < -0.3 is 0 Å².